The highest BCUT2D eigenvalue weighted by Crippen LogP contribution is 2.26. The third-order valence-corrected chi connectivity index (χ3v) is 2.51. The lowest BCUT2D eigenvalue weighted by molar-refractivity contribution is 0.0690. The quantitative estimate of drug-likeness (QED) is 0.915. The van der Waals surface area contributed by atoms with Gasteiger partial charge in [0.1, 0.15) is 12.0 Å². The molecule has 1 N–H and O–H groups in total. The summed E-state index contributed by atoms with van der Waals surface area (Å²) in [7, 11) is 0. The second-order valence-corrected chi connectivity index (χ2v) is 4.49. The van der Waals surface area contributed by atoms with E-state index in [-0.39, 0.29) is 17.7 Å². The maximum absolute atomic E-state index is 10.7. The summed E-state index contributed by atoms with van der Waals surface area (Å²) >= 11 is 0. The van der Waals surface area contributed by atoms with Gasteiger partial charge in [-0.25, -0.2) is 9.78 Å². The van der Waals surface area contributed by atoms with Gasteiger partial charge in [0.05, 0.1) is 6.10 Å². The molecule has 0 bridgehead atoms. The van der Waals surface area contributed by atoms with Crippen LogP contribution in [0.15, 0.2) is 28.9 Å². The summed E-state index contributed by atoms with van der Waals surface area (Å²) in [5, 5.41) is 8.80. The number of hydrogen-bond donors (Lipinski definition) is 1. The molecule has 5 nitrogen and oxygen atoms in total. The molecule has 5 heteroatoms. The lowest BCUT2D eigenvalue weighted by Crippen LogP contribution is -2.06. The van der Waals surface area contributed by atoms with E-state index in [4.69, 9.17) is 14.3 Å². The zero-order valence-electron chi connectivity index (χ0n) is 11.0. The van der Waals surface area contributed by atoms with Gasteiger partial charge in [0.2, 0.25) is 5.89 Å². The van der Waals surface area contributed by atoms with E-state index in [0.29, 0.717) is 0 Å². The van der Waals surface area contributed by atoms with Crippen LogP contribution in [0.3, 0.4) is 0 Å². The normalized spacial score (nSPS) is 10.7. The maximum atomic E-state index is 10.7. The van der Waals surface area contributed by atoms with Crippen LogP contribution in [0.4, 0.5) is 0 Å². The number of nitrogens with zero attached hydrogens (tertiary/aromatic N) is 1. The van der Waals surface area contributed by atoms with Crippen LogP contribution in [0.1, 0.15) is 29.9 Å². The summed E-state index contributed by atoms with van der Waals surface area (Å²) in [4.78, 5) is 14.7. The molecule has 0 fully saturated rings. The molecule has 1 heterocycles. The van der Waals surface area contributed by atoms with Crippen LogP contribution in [0.25, 0.3) is 11.5 Å². The molecule has 0 unspecified atom stereocenters. The van der Waals surface area contributed by atoms with Crippen molar-refractivity contribution in [3.8, 4) is 17.2 Å². The molecule has 0 aliphatic rings. The fourth-order valence-electron chi connectivity index (χ4n) is 1.67. The number of benzene rings is 1. The van der Waals surface area contributed by atoms with Gasteiger partial charge in [0.15, 0.2) is 5.69 Å². The molecular formula is C14H15NO4. The molecule has 0 aliphatic heterocycles. The number of ether oxygens (including phenoxy) is 1. The summed E-state index contributed by atoms with van der Waals surface area (Å²) in [6.45, 7) is 5.84. The van der Waals surface area contributed by atoms with Crippen molar-refractivity contribution < 1.29 is 19.1 Å². The monoisotopic (exact) mass is 261 g/mol. The van der Waals surface area contributed by atoms with Crippen molar-refractivity contribution in [2.24, 2.45) is 0 Å². The third kappa shape index (κ3) is 2.93. The van der Waals surface area contributed by atoms with E-state index in [1.54, 1.807) is 6.07 Å². The van der Waals surface area contributed by atoms with Crippen molar-refractivity contribution in [3.05, 3.63) is 35.7 Å². The maximum Gasteiger partial charge on any atom is 0.357 e. The average molecular weight is 261 g/mol. The van der Waals surface area contributed by atoms with Crippen LogP contribution in [0, 0.1) is 6.92 Å². The number of hydrogen-bond acceptors (Lipinski definition) is 4. The number of oxazole rings is 1. The van der Waals surface area contributed by atoms with Crippen LogP contribution in [0.2, 0.25) is 0 Å². The number of carbonyl (C=O) groups is 1. The molecule has 0 amide bonds. The predicted molar refractivity (Wildman–Crippen MR) is 69.4 cm³/mol. The van der Waals surface area contributed by atoms with Gasteiger partial charge in [0, 0.05) is 5.56 Å². The van der Waals surface area contributed by atoms with Crippen LogP contribution < -0.4 is 4.74 Å². The minimum atomic E-state index is -1.11. The highest BCUT2D eigenvalue weighted by molar-refractivity contribution is 5.85. The average Bonchev–Trinajstić information content (AvgIpc) is 2.80. The molecule has 0 saturated carbocycles. The van der Waals surface area contributed by atoms with Crippen molar-refractivity contribution >= 4 is 5.97 Å². The van der Waals surface area contributed by atoms with Gasteiger partial charge in [-0.05, 0) is 44.5 Å². The van der Waals surface area contributed by atoms with Gasteiger partial charge in [0.25, 0.3) is 0 Å². The van der Waals surface area contributed by atoms with Crippen LogP contribution in [-0.4, -0.2) is 22.2 Å². The largest absolute Gasteiger partial charge is 0.491 e. The molecule has 0 radical (unpaired) electrons. The molecule has 2 rings (SSSR count). The Labute approximate surface area is 110 Å². The number of rotatable bonds is 4. The van der Waals surface area contributed by atoms with Gasteiger partial charge in [-0.3, -0.25) is 0 Å². The number of carboxylic acid groups (broad SMARTS) is 1. The Hall–Kier alpha value is -2.30. The topological polar surface area (TPSA) is 72.6 Å². The summed E-state index contributed by atoms with van der Waals surface area (Å²) in [6, 6.07) is 5.48. The zero-order valence-corrected chi connectivity index (χ0v) is 11.0. The van der Waals surface area contributed by atoms with E-state index in [2.05, 4.69) is 4.98 Å². The molecule has 1 aromatic heterocycles. The van der Waals surface area contributed by atoms with Crippen molar-refractivity contribution in [2.75, 3.05) is 0 Å². The third-order valence-electron chi connectivity index (χ3n) is 2.51. The van der Waals surface area contributed by atoms with Crippen LogP contribution >= 0.6 is 0 Å². The minimum Gasteiger partial charge on any atom is -0.491 e. The van der Waals surface area contributed by atoms with E-state index >= 15 is 0 Å². The molecule has 100 valence electrons. The fourth-order valence-corrected chi connectivity index (χ4v) is 1.67. The molecular weight excluding hydrogens is 246 g/mol. The van der Waals surface area contributed by atoms with Crippen molar-refractivity contribution in [3.63, 3.8) is 0 Å². The Morgan fingerprint density at radius 3 is 2.68 bits per heavy atom. The van der Waals surface area contributed by atoms with E-state index in [0.717, 1.165) is 23.1 Å². The van der Waals surface area contributed by atoms with Gasteiger partial charge in [-0.15, -0.1) is 0 Å². The summed E-state index contributed by atoms with van der Waals surface area (Å²) in [5.41, 5.74) is 1.57. The second-order valence-electron chi connectivity index (χ2n) is 4.49. The van der Waals surface area contributed by atoms with Crippen molar-refractivity contribution in [1.29, 1.82) is 0 Å². The number of aromatic nitrogens is 1. The van der Waals surface area contributed by atoms with Crippen molar-refractivity contribution in [2.45, 2.75) is 26.9 Å². The second kappa shape index (κ2) is 5.14. The highest BCUT2D eigenvalue weighted by Gasteiger charge is 2.13. The molecule has 19 heavy (non-hydrogen) atoms. The van der Waals surface area contributed by atoms with E-state index in [9.17, 15) is 4.79 Å². The molecule has 0 atom stereocenters. The first-order valence-electron chi connectivity index (χ1n) is 5.94. The molecule has 0 spiro atoms. The molecule has 2 aromatic rings. The lowest BCUT2D eigenvalue weighted by Gasteiger charge is -2.12. The van der Waals surface area contributed by atoms with Crippen LogP contribution in [0.5, 0.6) is 5.75 Å². The lowest BCUT2D eigenvalue weighted by atomic mass is 10.1. The van der Waals surface area contributed by atoms with Crippen molar-refractivity contribution in [1.82, 2.24) is 4.98 Å². The highest BCUT2D eigenvalue weighted by atomic mass is 16.5. The van der Waals surface area contributed by atoms with E-state index < -0.39 is 5.97 Å². The smallest absolute Gasteiger partial charge is 0.357 e. The Bertz CT molecular complexity index is 601. The minimum absolute atomic E-state index is 0.102. The predicted octanol–water partition coefficient (Wildman–Crippen LogP) is 3.14. The van der Waals surface area contributed by atoms with Gasteiger partial charge in [-0.1, -0.05) is 0 Å². The zero-order chi connectivity index (χ0) is 14.0. The Morgan fingerprint density at radius 1 is 1.42 bits per heavy atom. The first-order valence-corrected chi connectivity index (χ1v) is 5.94. The molecule has 1 aromatic carbocycles. The van der Waals surface area contributed by atoms with Crippen LogP contribution in [-0.2, 0) is 0 Å². The van der Waals surface area contributed by atoms with Gasteiger partial charge < -0.3 is 14.3 Å². The van der Waals surface area contributed by atoms with E-state index in [1.165, 1.54) is 0 Å². The summed E-state index contributed by atoms with van der Waals surface area (Å²) in [5.74, 6) is -0.0214. The van der Waals surface area contributed by atoms with E-state index in [1.807, 2.05) is 32.9 Å². The standard InChI is InChI=1S/C14H15NO4/c1-8(2)19-12-5-4-10(6-9(12)3)13-15-11(7-18-13)14(16)17/h4-8H,1-3H3,(H,16,17). The molecule has 0 saturated heterocycles. The Kier molecular flexibility index (Phi) is 3.55. The summed E-state index contributed by atoms with van der Waals surface area (Å²) < 4.78 is 10.8. The number of aryl methyl sites for hydroxylation is 1. The first-order chi connectivity index (χ1) is 8.97. The number of aromatic carboxylic acids is 1. The van der Waals surface area contributed by atoms with Gasteiger partial charge >= 0.3 is 5.97 Å². The Morgan fingerprint density at radius 2 is 2.16 bits per heavy atom. The SMILES string of the molecule is Cc1cc(-c2nc(C(=O)O)co2)ccc1OC(C)C. The Balaban J connectivity index is 2.30. The number of carboxylic acids is 1. The first kappa shape index (κ1) is 13.1. The summed E-state index contributed by atoms with van der Waals surface area (Å²) in [6.07, 6.45) is 1.23. The van der Waals surface area contributed by atoms with Gasteiger partial charge in [-0.2, -0.15) is 0 Å². The molecule has 0 aliphatic carbocycles. The fraction of sp³-hybridized carbons (Fsp3) is 0.286.